The molecule has 0 saturated carbocycles. The van der Waals surface area contributed by atoms with Crippen LogP contribution in [0, 0.1) is 19.3 Å². The molecule has 8 heteroatoms. The number of hydrogen-bond acceptors (Lipinski definition) is 6. The van der Waals surface area contributed by atoms with Gasteiger partial charge in [0.15, 0.2) is 0 Å². The minimum atomic E-state index is -0.535. The van der Waals surface area contributed by atoms with Gasteiger partial charge >= 0.3 is 5.97 Å². The third kappa shape index (κ3) is 4.54. The minimum absolute atomic E-state index is 0.112. The molecule has 0 saturated heterocycles. The third-order valence-corrected chi connectivity index (χ3v) is 5.44. The van der Waals surface area contributed by atoms with E-state index >= 15 is 0 Å². The first kappa shape index (κ1) is 20.7. The Bertz CT molecular complexity index is 1150. The molecular weight excluding hydrogens is 390 g/mol. The Morgan fingerprint density at radius 1 is 1.21 bits per heavy atom. The normalized spacial score (nSPS) is 11.5. The van der Waals surface area contributed by atoms with E-state index in [1.807, 2.05) is 39.8 Å². The lowest BCUT2D eigenvalue weighted by Gasteiger charge is -2.16. The van der Waals surface area contributed by atoms with Gasteiger partial charge in [-0.05, 0) is 37.6 Å². The first-order chi connectivity index (χ1) is 13.6. The highest BCUT2D eigenvalue weighted by atomic mass is 32.1. The van der Waals surface area contributed by atoms with Crippen molar-refractivity contribution in [3.63, 3.8) is 0 Å². The molecule has 7 nitrogen and oxygen atoms in total. The molecule has 29 heavy (non-hydrogen) atoms. The number of ether oxygens (including phenoxy) is 1. The van der Waals surface area contributed by atoms with E-state index in [1.54, 1.807) is 19.1 Å². The van der Waals surface area contributed by atoms with Crippen LogP contribution in [-0.2, 0) is 16.1 Å². The molecule has 1 amide bonds. The van der Waals surface area contributed by atoms with Crippen molar-refractivity contribution in [1.82, 2.24) is 9.38 Å². The number of hydrogen-bond donors (Lipinski definition) is 1. The number of nitrogens with zero attached hydrogens (tertiary/aromatic N) is 2. The fraction of sp³-hybridized carbons (Fsp3) is 0.333. The van der Waals surface area contributed by atoms with Crippen LogP contribution >= 0.6 is 11.3 Å². The lowest BCUT2D eigenvalue weighted by atomic mass is 9.96. The van der Waals surface area contributed by atoms with Gasteiger partial charge in [-0.2, -0.15) is 0 Å². The van der Waals surface area contributed by atoms with Crippen LogP contribution < -0.4 is 10.9 Å². The number of rotatable bonds is 4. The van der Waals surface area contributed by atoms with Gasteiger partial charge in [-0.25, -0.2) is 9.78 Å². The fourth-order valence-electron chi connectivity index (χ4n) is 2.69. The average molecular weight is 413 g/mol. The van der Waals surface area contributed by atoms with Gasteiger partial charge < -0.3 is 10.1 Å². The maximum Gasteiger partial charge on any atom is 0.349 e. The third-order valence-electron chi connectivity index (χ3n) is 4.31. The molecular formula is C21H23N3O4S. The van der Waals surface area contributed by atoms with Crippen molar-refractivity contribution in [3.05, 3.63) is 62.5 Å². The van der Waals surface area contributed by atoms with Gasteiger partial charge in [0.1, 0.15) is 17.1 Å². The zero-order valence-electron chi connectivity index (χ0n) is 17.0. The van der Waals surface area contributed by atoms with Gasteiger partial charge in [0.25, 0.3) is 5.56 Å². The van der Waals surface area contributed by atoms with Gasteiger partial charge in [0.05, 0.1) is 10.7 Å². The maximum atomic E-state index is 12.5. The zero-order chi connectivity index (χ0) is 21.3. The first-order valence-corrected chi connectivity index (χ1v) is 9.95. The Morgan fingerprint density at radius 2 is 1.93 bits per heavy atom. The van der Waals surface area contributed by atoms with Crippen LogP contribution in [-0.4, -0.2) is 21.3 Å². The van der Waals surface area contributed by atoms with Crippen molar-refractivity contribution in [2.24, 2.45) is 5.41 Å². The monoisotopic (exact) mass is 413 g/mol. The highest BCUT2D eigenvalue weighted by molar-refractivity contribution is 7.18. The topological polar surface area (TPSA) is 89.8 Å². The Labute approximate surface area is 172 Å². The number of amides is 1. The predicted octanol–water partition coefficient (Wildman–Crippen LogP) is 3.71. The smallest absolute Gasteiger partial charge is 0.349 e. The summed E-state index contributed by atoms with van der Waals surface area (Å²) in [7, 11) is 0. The molecule has 0 aromatic carbocycles. The van der Waals surface area contributed by atoms with E-state index in [1.165, 1.54) is 10.5 Å². The van der Waals surface area contributed by atoms with Crippen molar-refractivity contribution >= 4 is 33.9 Å². The summed E-state index contributed by atoms with van der Waals surface area (Å²) in [6, 6.07) is 8.48. The van der Waals surface area contributed by atoms with Crippen molar-refractivity contribution in [2.45, 2.75) is 41.2 Å². The quantitative estimate of drug-likeness (QED) is 0.659. The van der Waals surface area contributed by atoms with Crippen molar-refractivity contribution in [3.8, 4) is 0 Å². The highest BCUT2D eigenvalue weighted by Gasteiger charge is 2.23. The van der Waals surface area contributed by atoms with E-state index in [9.17, 15) is 14.4 Å². The van der Waals surface area contributed by atoms with Crippen molar-refractivity contribution in [1.29, 1.82) is 0 Å². The lowest BCUT2D eigenvalue weighted by Crippen LogP contribution is -2.27. The van der Waals surface area contributed by atoms with E-state index in [0.29, 0.717) is 26.8 Å². The Balaban J connectivity index is 1.74. The number of pyridine rings is 1. The predicted molar refractivity (Wildman–Crippen MR) is 112 cm³/mol. The molecule has 0 atom stereocenters. The Morgan fingerprint density at radius 3 is 2.62 bits per heavy atom. The second-order valence-corrected chi connectivity index (χ2v) is 8.90. The second kappa shape index (κ2) is 7.79. The highest BCUT2D eigenvalue weighted by Crippen LogP contribution is 2.29. The fourth-order valence-corrected chi connectivity index (χ4v) is 3.65. The molecule has 3 aromatic rings. The van der Waals surface area contributed by atoms with E-state index in [0.717, 1.165) is 17.0 Å². The molecule has 3 aromatic heterocycles. The van der Waals surface area contributed by atoms with Gasteiger partial charge in [-0.1, -0.05) is 26.8 Å². The van der Waals surface area contributed by atoms with Crippen LogP contribution in [0.5, 0.6) is 0 Å². The van der Waals surface area contributed by atoms with E-state index in [4.69, 9.17) is 4.74 Å². The summed E-state index contributed by atoms with van der Waals surface area (Å²) in [5.41, 5.74) is 1.62. The Kier molecular flexibility index (Phi) is 5.57. The Hall–Kier alpha value is -3.00. The molecule has 0 bridgehead atoms. The van der Waals surface area contributed by atoms with E-state index in [-0.39, 0.29) is 18.1 Å². The molecule has 152 valence electrons. The van der Waals surface area contributed by atoms with Gasteiger partial charge in [-0.3, -0.25) is 14.0 Å². The molecule has 0 aliphatic rings. The molecule has 0 aliphatic heterocycles. The zero-order valence-corrected chi connectivity index (χ0v) is 17.8. The molecule has 0 fully saturated rings. The second-order valence-electron chi connectivity index (χ2n) is 7.85. The number of thiophene rings is 1. The van der Waals surface area contributed by atoms with Crippen LogP contribution in [0.15, 0.2) is 35.1 Å². The van der Waals surface area contributed by atoms with Crippen LogP contribution in [0.25, 0.3) is 5.65 Å². The summed E-state index contributed by atoms with van der Waals surface area (Å²) in [5.74, 6) is -0.648. The lowest BCUT2D eigenvalue weighted by molar-refractivity contribution is -0.123. The van der Waals surface area contributed by atoms with Crippen molar-refractivity contribution < 1.29 is 14.3 Å². The van der Waals surface area contributed by atoms with Gasteiger partial charge in [0, 0.05) is 17.2 Å². The summed E-state index contributed by atoms with van der Waals surface area (Å²) in [5, 5.41) is 3.41. The van der Waals surface area contributed by atoms with Gasteiger partial charge in [-0.15, -0.1) is 11.3 Å². The van der Waals surface area contributed by atoms with Crippen LogP contribution in [0.4, 0.5) is 5.00 Å². The minimum Gasteiger partial charge on any atom is -0.455 e. The average Bonchev–Trinajstić information content (AvgIpc) is 2.99. The standard InChI is InChI=1S/C21H23N3O4S/c1-12-9-16(23-20(27)21(3,4)5)29-18(12)19(26)28-11-14-10-17(25)24-13(2)7-6-8-15(24)22-14/h6-10H,11H2,1-5H3,(H,23,27). The summed E-state index contributed by atoms with van der Waals surface area (Å²) in [6.07, 6.45) is 0. The molecule has 3 heterocycles. The number of anilines is 1. The van der Waals surface area contributed by atoms with Gasteiger partial charge in [0.2, 0.25) is 5.91 Å². The van der Waals surface area contributed by atoms with Crippen molar-refractivity contribution in [2.75, 3.05) is 5.32 Å². The molecule has 3 rings (SSSR count). The summed E-state index contributed by atoms with van der Waals surface area (Å²) >= 11 is 1.16. The SMILES string of the molecule is Cc1cc(NC(=O)C(C)(C)C)sc1C(=O)OCc1cc(=O)n2c(C)cccc2n1. The number of aryl methyl sites for hydroxylation is 2. The summed E-state index contributed by atoms with van der Waals surface area (Å²) < 4.78 is 6.86. The molecule has 1 N–H and O–H groups in total. The van der Waals surface area contributed by atoms with Crippen LogP contribution in [0.3, 0.4) is 0 Å². The molecule has 0 spiro atoms. The first-order valence-electron chi connectivity index (χ1n) is 9.13. The number of esters is 1. The summed E-state index contributed by atoms with van der Waals surface area (Å²) in [4.78, 5) is 41.8. The van der Waals surface area contributed by atoms with E-state index < -0.39 is 11.4 Å². The molecule has 0 unspecified atom stereocenters. The van der Waals surface area contributed by atoms with E-state index in [2.05, 4.69) is 10.3 Å². The largest absolute Gasteiger partial charge is 0.455 e. The number of nitrogens with one attached hydrogen (secondary N) is 1. The number of carbonyl (C=O) groups excluding carboxylic acids is 2. The molecule has 0 aliphatic carbocycles. The van der Waals surface area contributed by atoms with Crippen LogP contribution in [0.2, 0.25) is 0 Å². The number of fused-ring (bicyclic) bond motifs is 1. The maximum absolute atomic E-state index is 12.5. The number of carbonyl (C=O) groups is 2. The summed E-state index contributed by atoms with van der Waals surface area (Å²) in [6.45, 7) is 8.95. The van der Waals surface area contributed by atoms with Crippen LogP contribution in [0.1, 0.15) is 47.4 Å². The number of aromatic nitrogens is 2. The molecule has 0 radical (unpaired) electrons.